The van der Waals surface area contributed by atoms with E-state index in [1.165, 1.54) is 0 Å². The van der Waals surface area contributed by atoms with Gasteiger partial charge in [0.15, 0.2) is 5.11 Å². The van der Waals surface area contributed by atoms with Crippen molar-refractivity contribution in [3.63, 3.8) is 0 Å². The number of hydrogen-bond donors (Lipinski definition) is 5. The van der Waals surface area contributed by atoms with Gasteiger partial charge in [0.25, 0.3) is 0 Å². The lowest BCUT2D eigenvalue weighted by atomic mass is 11.1. The minimum Gasteiger partial charge on any atom is -0.350 e. The average Bonchev–Trinajstić information content (AvgIpc) is 1.83. The Kier molecular flexibility index (Phi) is 3.40. The molecule has 0 rings (SSSR count). The van der Waals surface area contributed by atoms with E-state index in [1.54, 1.807) is 0 Å². The van der Waals surface area contributed by atoms with Crippen LogP contribution >= 0.6 is 12.2 Å². The number of carbonyl (C=O) groups is 1. The molecule has 0 aromatic rings. The maximum Gasteiger partial charge on any atom is 0.330 e. The minimum atomic E-state index is -0.729. The Hall–Kier alpha value is -1.08. The maximum absolute atomic E-state index is 9.94. The highest BCUT2D eigenvalue weighted by Crippen LogP contribution is 1.54. The van der Waals surface area contributed by atoms with E-state index in [9.17, 15) is 4.79 Å². The van der Waals surface area contributed by atoms with E-state index in [2.05, 4.69) is 28.8 Å². The molecule has 52 valence electrons. The van der Waals surface area contributed by atoms with Gasteiger partial charge in [0.1, 0.15) is 0 Å². The number of hydrazine groups is 2. The molecular weight excluding hydrogens is 142 g/mol. The second kappa shape index (κ2) is 3.87. The summed E-state index contributed by atoms with van der Waals surface area (Å²) in [7, 11) is 0. The third-order valence-electron chi connectivity index (χ3n) is 0.430. The van der Waals surface area contributed by atoms with Crippen LogP contribution in [-0.2, 0) is 0 Å². The number of rotatable bonds is 0. The number of amides is 2. The van der Waals surface area contributed by atoms with Crippen molar-refractivity contribution in [3.05, 3.63) is 0 Å². The van der Waals surface area contributed by atoms with Crippen molar-refractivity contribution in [1.82, 2.24) is 16.3 Å². The van der Waals surface area contributed by atoms with Crippen LogP contribution in [0.2, 0.25) is 0 Å². The molecule has 0 atom stereocenters. The summed E-state index contributed by atoms with van der Waals surface area (Å²) < 4.78 is 0. The summed E-state index contributed by atoms with van der Waals surface area (Å²) in [5.74, 6) is 4.81. The lowest BCUT2D eigenvalue weighted by molar-refractivity contribution is 0.247. The van der Waals surface area contributed by atoms with Crippen LogP contribution in [-0.4, -0.2) is 11.1 Å². The molecule has 7 N–H and O–H groups in total. The lowest BCUT2D eigenvalue weighted by Crippen LogP contribution is -2.50. The second-order valence-electron chi connectivity index (χ2n) is 1.09. The molecule has 0 aromatic carbocycles. The summed E-state index contributed by atoms with van der Waals surface area (Å²) in [4.78, 5) is 9.94. The van der Waals surface area contributed by atoms with Gasteiger partial charge in [-0.15, -0.1) is 0 Å². The normalized spacial score (nSPS) is 7.67. The molecule has 0 spiro atoms. The number of hydrogen-bond acceptors (Lipinski definition) is 3. The molecule has 0 heterocycles. The van der Waals surface area contributed by atoms with E-state index in [0.717, 1.165) is 0 Å². The standard InChI is InChI=1S/C2H7N5OS/c3-1(8)6-7-2(9)5-4/h4H2,(H3,3,6,8)(H2,5,7,9). The number of primary amides is 1. The van der Waals surface area contributed by atoms with Crippen LogP contribution in [0, 0.1) is 0 Å². The molecule has 9 heavy (non-hydrogen) atoms. The molecule has 0 aliphatic heterocycles. The Morgan fingerprint density at radius 2 is 2.00 bits per heavy atom. The molecule has 6 nitrogen and oxygen atoms in total. The summed E-state index contributed by atoms with van der Waals surface area (Å²) in [6.07, 6.45) is 0. The van der Waals surface area contributed by atoms with E-state index < -0.39 is 6.03 Å². The second-order valence-corrected chi connectivity index (χ2v) is 1.50. The van der Waals surface area contributed by atoms with E-state index in [1.807, 2.05) is 5.43 Å². The van der Waals surface area contributed by atoms with Gasteiger partial charge >= 0.3 is 6.03 Å². The van der Waals surface area contributed by atoms with E-state index in [4.69, 9.17) is 5.84 Å². The number of urea groups is 1. The number of thiocarbonyl (C=S) groups is 1. The first-order chi connectivity index (χ1) is 4.16. The number of nitrogens with two attached hydrogens (primary N) is 2. The maximum atomic E-state index is 9.94. The van der Waals surface area contributed by atoms with Crippen LogP contribution < -0.4 is 27.9 Å². The fraction of sp³-hybridized carbons (Fsp3) is 0. The van der Waals surface area contributed by atoms with Crippen molar-refractivity contribution < 1.29 is 4.79 Å². The summed E-state index contributed by atoms with van der Waals surface area (Å²) >= 11 is 4.46. The van der Waals surface area contributed by atoms with Gasteiger partial charge in [-0.3, -0.25) is 10.9 Å². The van der Waals surface area contributed by atoms with E-state index in [-0.39, 0.29) is 5.11 Å². The Morgan fingerprint density at radius 1 is 1.44 bits per heavy atom. The van der Waals surface area contributed by atoms with Gasteiger partial charge in [0, 0.05) is 0 Å². The third-order valence-corrected chi connectivity index (χ3v) is 0.650. The third kappa shape index (κ3) is 4.78. The van der Waals surface area contributed by atoms with Crippen molar-refractivity contribution in [2.24, 2.45) is 11.6 Å². The Balaban J connectivity index is 3.28. The molecule has 0 fully saturated rings. The highest BCUT2D eigenvalue weighted by atomic mass is 32.1. The highest BCUT2D eigenvalue weighted by Gasteiger charge is 1.90. The van der Waals surface area contributed by atoms with Gasteiger partial charge in [-0.2, -0.15) is 0 Å². The predicted octanol–water partition coefficient (Wildman–Crippen LogP) is -2.09. The quantitative estimate of drug-likeness (QED) is 0.154. The summed E-state index contributed by atoms with van der Waals surface area (Å²) in [5.41, 5.74) is 10.9. The summed E-state index contributed by atoms with van der Waals surface area (Å²) in [6.45, 7) is 0. The van der Waals surface area contributed by atoms with Crippen LogP contribution in [0.1, 0.15) is 0 Å². The van der Waals surface area contributed by atoms with Gasteiger partial charge < -0.3 is 5.73 Å². The van der Waals surface area contributed by atoms with Crippen molar-refractivity contribution in [1.29, 1.82) is 0 Å². The molecule has 0 aliphatic rings. The molecule has 0 saturated carbocycles. The smallest absolute Gasteiger partial charge is 0.330 e. The first-order valence-electron chi connectivity index (χ1n) is 1.99. The highest BCUT2D eigenvalue weighted by molar-refractivity contribution is 7.80. The topological polar surface area (TPSA) is 105 Å². The van der Waals surface area contributed by atoms with Gasteiger partial charge in [-0.05, 0) is 12.2 Å². The van der Waals surface area contributed by atoms with Crippen LogP contribution in [0.5, 0.6) is 0 Å². The van der Waals surface area contributed by atoms with E-state index >= 15 is 0 Å². The molecule has 2 amide bonds. The van der Waals surface area contributed by atoms with Gasteiger partial charge in [-0.1, -0.05) is 0 Å². The zero-order valence-corrected chi connectivity index (χ0v) is 5.29. The van der Waals surface area contributed by atoms with Crippen LogP contribution in [0.4, 0.5) is 4.79 Å². The van der Waals surface area contributed by atoms with Gasteiger partial charge in [0.05, 0.1) is 0 Å². The SMILES string of the molecule is NNC(=S)NNC(N)=O. The number of nitrogens with one attached hydrogen (secondary N) is 3. The monoisotopic (exact) mass is 149 g/mol. The average molecular weight is 149 g/mol. The first-order valence-corrected chi connectivity index (χ1v) is 2.39. The van der Waals surface area contributed by atoms with Crippen LogP contribution in [0.25, 0.3) is 0 Å². The molecule has 0 radical (unpaired) electrons. The Labute approximate surface area is 56.9 Å². The summed E-state index contributed by atoms with van der Waals surface area (Å²) in [6, 6.07) is -0.729. The molecule has 0 bridgehead atoms. The molecule has 0 aliphatic carbocycles. The molecule has 0 aromatic heterocycles. The van der Waals surface area contributed by atoms with Crippen molar-refractivity contribution in [2.75, 3.05) is 0 Å². The van der Waals surface area contributed by atoms with Crippen LogP contribution in [0.3, 0.4) is 0 Å². The minimum absolute atomic E-state index is 0.0915. The lowest BCUT2D eigenvalue weighted by Gasteiger charge is -2.04. The molecular formula is C2H7N5OS. The predicted molar refractivity (Wildman–Crippen MR) is 35.8 cm³/mol. The Morgan fingerprint density at radius 3 is 2.33 bits per heavy atom. The molecule has 0 unspecified atom stereocenters. The summed E-state index contributed by atoms with van der Waals surface area (Å²) in [5, 5.41) is 0.0915. The zero-order chi connectivity index (χ0) is 7.28. The first kappa shape index (κ1) is 7.92. The van der Waals surface area contributed by atoms with Crippen LogP contribution in [0.15, 0.2) is 0 Å². The van der Waals surface area contributed by atoms with Gasteiger partial charge in [-0.25, -0.2) is 16.1 Å². The van der Waals surface area contributed by atoms with Gasteiger partial charge in [0.2, 0.25) is 0 Å². The Bertz CT molecular complexity index is 124. The molecule has 7 heteroatoms. The largest absolute Gasteiger partial charge is 0.350 e. The fourth-order valence-corrected chi connectivity index (χ4v) is 0.205. The fourth-order valence-electron chi connectivity index (χ4n) is 0.154. The van der Waals surface area contributed by atoms with Crippen molar-refractivity contribution in [2.45, 2.75) is 0 Å². The van der Waals surface area contributed by atoms with Crippen molar-refractivity contribution in [3.8, 4) is 0 Å². The van der Waals surface area contributed by atoms with Crippen molar-refractivity contribution >= 4 is 23.4 Å². The van der Waals surface area contributed by atoms with E-state index in [0.29, 0.717) is 0 Å². The number of carbonyl (C=O) groups excluding carboxylic acids is 1. The zero-order valence-electron chi connectivity index (χ0n) is 4.47. The molecule has 0 saturated heterocycles.